The van der Waals surface area contributed by atoms with E-state index in [4.69, 9.17) is 0 Å². The molecule has 54 valence electrons. The van der Waals surface area contributed by atoms with E-state index in [9.17, 15) is 0 Å². The molecule has 0 saturated carbocycles. The first-order valence-corrected chi connectivity index (χ1v) is 5.27. The molecule has 2 heteroatoms. The molecule has 0 aliphatic rings. The van der Waals surface area contributed by atoms with Gasteiger partial charge in [0.15, 0.2) is 0 Å². The van der Waals surface area contributed by atoms with E-state index >= 15 is 0 Å². The maximum Gasteiger partial charge on any atom is 0.0141 e. The minimum atomic E-state index is 1.15. The van der Waals surface area contributed by atoms with Gasteiger partial charge in [0.05, 0.1) is 0 Å². The van der Waals surface area contributed by atoms with E-state index in [0.717, 1.165) is 5.75 Å². The van der Waals surface area contributed by atoms with E-state index in [1.807, 2.05) is 11.8 Å². The molecule has 0 spiro atoms. The first-order chi connectivity index (χ1) is 4.83. The summed E-state index contributed by atoms with van der Waals surface area (Å²) < 4.78 is 1.32. The highest BCUT2D eigenvalue weighted by Crippen LogP contribution is 2.18. The van der Waals surface area contributed by atoms with Crippen molar-refractivity contribution in [2.75, 3.05) is 5.75 Å². The Labute approximate surface area is 79.5 Å². The third-order valence-electron chi connectivity index (χ3n) is 1.11. The van der Waals surface area contributed by atoms with Crippen LogP contribution in [0, 0.1) is 3.57 Å². The summed E-state index contributed by atoms with van der Waals surface area (Å²) in [5.41, 5.74) is 0. The van der Waals surface area contributed by atoms with Crippen molar-refractivity contribution in [2.45, 2.75) is 11.8 Å². The van der Waals surface area contributed by atoms with Crippen LogP contribution in [0.25, 0.3) is 0 Å². The average molecular weight is 264 g/mol. The number of rotatable bonds is 2. The molecule has 10 heavy (non-hydrogen) atoms. The number of thioether (sulfide) groups is 1. The van der Waals surface area contributed by atoms with Gasteiger partial charge in [0.25, 0.3) is 0 Å². The maximum absolute atomic E-state index is 2.33. The smallest absolute Gasteiger partial charge is 0.0141 e. The van der Waals surface area contributed by atoms with Gasteiger partial charge in [-0.2, -0.15) is 0 Å². The molecule has 0 saturated heterocycles. The Hall–Kier alpha value is 0.300. The molecular weight excluding hydrogens is 255 g/mol. The van der Waals surface area contributed by atoms with Crippen LogP contribution in [-0.2, 0) is 0 Å². The fourth-order valence-corrected chi connectivity index (χ4v) is 2.20. The van der Waals surface area contributed by atoms with Crippen molar-refractivity contribution in [1.29, 1.82) is 0 Å². The Balaban J connectivity index is 2.75. The van der Waals surface area contributed by atoms with Crippen LogP contribution in [0.2, 0.25) is 0 Å². The lowest BCUT2D eigenvalue weighted by atomic mass is 10.4. The van der Waals surface area contributed by atoms with E-state index in [2.05, 4.69) is 53.8 Å². The van der Waals surface area contributed by atoms with Crippen molar-refractivity contribution in [3.8, 4) is 0 Å². The van der Waals surface area contributed by atoms with Gasteiger partial charge in [0.1, 0.15) is 0 Å². The second-order valence-electron chi connectivity index (χ2n) is 1.89. The van der Waals surface area contributed by atoms with E-state index in [0.29, 0.717) is 0 Å². The van der Waals surface area contributed by atoms with Gasteiger partial charge in [-0.3, -0.25) is 0 Å². The summed E-state index contributed by atoms with van der Waals surface area (Å²) in [6.45, 7) is 2.17. The quantitative estimate of drug-likeness (QED) is 0.582. The zero-order valence-electron chi connectivity index (χ0n) is 5.80. The molecule has 1 aromatic rings. The van der Waals surface area contributed by atoms with Crippen LogP contribution in [0.4, 0.5) is 0 Å². The highest BCUT2D eigenvalue weighted by molar-refractivity contribution is 14.1. The molecule has 1 aromatic carbocycles. The van der Waals surface area contributed by atoms with Gasteiger partial charge in [-0.25, -0.2) is 0 Å². The van der Waals surface area contributed by atoms with E-state index in [-0.39, 0.29) is 0 Å². The van der Waals surface area contributed by atoms with Crippen molar-refractivity contribution in [3.05, 3.63) is 27.8 Å². The lowest BCUT2D eigenvalue weighted by Gasteiger charge is -1.96. The van der Waals surface area contributed by atoms with Crippen molar-refractivity contribution >= 4 is 34.4 Å². The van der Waals surface area contributed by atoms with E-state index in [1.54, 1.807) is 0 Å². The molecule has 0 aliphatic carbocycles. The molecule has 0 atom stereocenters. The second-order valence-corrected chi connectivity index (χ2v) is 4.47. The highest BCUT2D eigenvalue weighted by Gasteiger charge is 1.90. The minimum Gasteiger partial charge on any atom is -0.126 e. The molecule has 0 fully saturated rings. The lowest BCUT2D eigenvalue weighted by molar-refractivity contribution is 1.41. The zero-order chi connectivity index (χ0) is 7.40. The van der Waals surface area contributed by atoms with E-state index < -0.39 is 0 Å². The third kappa shape index (κ3) is 2.50. The summed E-state index contributed by atoms with van der Waals surface area (Å²) in [6.07, 6.45) is 0. The van der Waals surface area contributed by atoms with Crippen molar-refractivity contribution < 1.29 is 0 Å². The Kier molecular flexibility index (Phi) is 3.56. The minimum absolute atomic E-state index is 1.15. The predicted molar refractivity (Wildman–Crippen MR) is 55.6 cm³/mol. The average Bonchev–Trinajstić information content (AvgIpc) is 1.88. The Bertz CT molecular complexity index is 210. The third-order valence-corrected chi connectivity index (χ3v) is 2.65. The summed E-state index contributed by atoms with van der Waals surface area (Å²) in [5, 5.41) is 0. The van der Waals surface area contributed by atoms with Crippen molar-refractivity contribution in [1.82, 2.24) is 0 Å². The van der Waals surface area contributed by atoms with Crippen molar-refractivity contribution in [3.63, 3.8) is 0 Å². The van der Waals surface area contributed by atoms with Crippen LogP contribution < -0.4 is 0 Å². The molecular formula is C8H9IS. The fourth-order valence-electron chi connectivity index (χ4n) is 0.723. The topological polar surface area (TPSA) is 0 Å². The lowest BCUT2D eigenvalue weighted by Crippen LogP contribution is -1.73. The van der Waals surface area contributed by atoms with Gasteiger partial charge in [-0.1, -0.05) is 13.0 Å². The highest BCUT2D eigenvalue weighted by atomic mass is 127. The summed E-state index contributed by atoms with van der Waals surface area (Å²) >= 11 is 4.22. The SMILES string of the molecule is CCSc1cccc(I)c1. The first kappa shape index (κ1) is 8.40. The summed E-state index contributed by atoms with van der Waals surface area (Å²) in [7, 11) is 0. The number of hydrogen-bond donors (Lipinski definition) is 0. The molecule has 0 unspecified atom stereocenters. The molecule has 0 amide bonds. The standard InChI is InChI=1S/C8H9IS/c1-2-10-8-5-3-4-7(9)6-8/h3-6H,2H2,1H3. The van der Waals surface area contributed by atoms with Gasteiger partial charge < -0.3 is 0 Å². The summed E-state index contributed by atoms with van der Waals surface area (Å²) in [6, 6.07) is 8.56. The second kappa shape index (κ2) is 4.23. The van der Waals surface area contributed by atoms with Crippen LogP contribution >= 0.6 is 34.4 Å². The van der Waals surface area contributed by atoms with Gasteiger partial charge in [-0.05, 0) is 46.5 Å². The number of hydrogen-bond acceptors (Lipinski definition) is 1. The van der Waals surface area contributed by atoms with Crippen LogP contribution in [0.1, 0.15) is 6.92 Å². The van der Waals surface area contributed by atoms with Crippen molar-refractivity contribution in [2.24, 2.45) is 0 Å². The summed E-state index contributed by atoms with van der Waals surface area (Å²) in [5.74, 6) is 1.15. The Morgan fingerprint density at radius 2 is 2.30 bits per heavy atom. The van der Waals surface area contributed by atoms with Crippen LogP contribution in [-0.4, -0.2) is 5.75 Å². The predicted octanol–water partition coefficient (Wildman–Crippen LogP) is 3.40. The largest absolute Gasteiger partial charge is 0.126 e. The van der Waals surface area contributed by atoms with E-state index in [1.165, 1.54) is 8.47 Å². The Morgan fingerprint density at radius 3 is 2.90 bits per heavy atom. The molecule has 0 bridgehead atoms. The molecule has 0 nitrogen and oxygen atoms in total. The van der Waals surface area contributed by atoms with Crippen LogP contribution in [0.5, 0.6) is 0 Å². The molecule has 0 aliphatic heterocycles. The first-order valence-electron chi connectivity index (χ1n) is 3.21. The molecule has 1 rings (SSSR count). The molecule has 0 radical (unpaired) electrons. The Morgan fingerprint density at radius 1 is 1.50 bits per heavy atom. The zero-order valence-corrected chi connectivity index (χ0v) is 8.78. The molecule has 0 aromatic heterocycles. The summed E-state index contributed by atoms with van der Waals surface area (Å²) in [4.78, 5) is 1.37. The fraction of sp³-hybridized carbons (Fsp3) is 0.250. The van der Waals surface area contributed by atoms with Gasteiger partial charge in [0.2, 0.25) is 0 Å². The monoisotopic (exact) mass is 264 g/mol. The van der Waals surface area contributed by atoms with Crippen LogP contribution in [0.3, 0.4) is 0 Å². The molecule has 0 heterocycles. The normalized spacial score (nSPS) is 9.80. The number of halogens is 1. The van der Waals surface area contributed by atoms with Gasteiger partial charge in [-0.15, -0.1) is 11.8 Å². The van der Waals surface area contributed by atoms with Crippen LogP contribution in [0.15, 0.2) is 29.2 Å². The van der Waals surface area contributed by atoms with Gasteiger partial charge >= 0.3 is 0 Å². The van der Waals surface area contributed by atoms with Gasteiger partial charge in [0, 0.05) is 8.47 Å². The molecule has 0 N–H and O–H groups in total. The number of benzene rings is 1. The maximum atomic E-state index is 2.33.